The van der Waals surface area contributed by atoms with Crippen molar-refractivity contribution < 1.29 is 24.2 Å². The van der Waals surface area contributed by atoms with E-state index in [9.17, 15) is 19.5 Å². The van der Waals surface area contributed by atoms with E-state index in [2.05, 4.69) is 13.2 Å². The second-order valence-electron chi connectivity index (χ2n) is 11.4. The van der Waals surface area contributed by atoms with E-state index in [1.54, 1.807) is 51.9 Å². The number of para-hydroxylation sites is 1. The smallest absolute Gasteiger partial charge is 0.311 e. The maximum atomic E-state index is 14.7. The van der Waals surface area contributed by atoms with Crippen molar-refractivity contribution in [2.24, 2.45) is 17.8 Å². The molecule has 3 aliphatic rings. The molecule has 218 valence electrons. The molecule has 4 rings (SSSR count). The van der Waals surface area contributed by atoms with E-state index in [0.29, 0.717) is 36.4 Å². The average Bonchev–Trinajstić information content (AvgIpc) is 3.51. The number of hydrogen-bond donors (Lipinski definition) is 1. The number of amides is 2. The predicted octanol–water partition coefficient (Wildman–Crippen LogP) is 5.26. The van der Waals surface area contributed by atoms with Gasteiger partial charge in [0.1, 0.15) is 6.04 Å². The number of rotatable bonds is 13. The number of aliphatic hydroxyl groups excluding tert-OH is 1. The molecule has 0 saturated carbocycles. The summed E-state index contributed by atoms with van der Waals surface area (Å²) in [5.74, 6) is -2.36. The first-order valence-corrected chi connectivity index (χ1v) is 15.4. The van der Waals surface area contributed by atoms with Gasteiger partial charge in [-0.3, -0.25) is 14.4 Å². The van der Waals surface area contributed by atoms with Crippen LogP contribution >= 0.6 is 23.4 Å². The van der Waals surface area contributed by atoms with Crippen LogP contribution < -0.4 is 4.90 Å². The predicted molar refractivity (Wildman–Crippen MR) is 160 cm³/mol. The molecule has 2 unspecified atom stereocenters. The second kappa shape index (κ2) is 12.3. The Labute approximate surface area is 246 Å². The molecule has 1 spiro atoms. The van der Waals surface area contributed by atoms with Crippen molar-refractivity contribution >= 4 is 46.8 Å². The molecule has 1 aromatic carbocycles. The number of benzene rings is 1. The summed E-state index contributed by atoms with van der Waals surface area (Å²) in [4.78, 5) is 46.0. The topological polar surface area (TPSA) is 87.1 Å². The summed E-state index contributed by atoms with van der Waals surface area (Å²) in [6.07, 6.45) is 6.83. The molecule has 7 nitrogen and oxygen atoms in total. The van der Waals surface area contributed by atoms with Crippen molar-refractivity contribution in [3.05, 3.63) is 54.6 Å². The van der Waals surface area contributed by atoms with Crippen molar-refractivity contribution in [1.29, 1.82) is 0 Å². The highest BCUT2D eigenvalue weighted by Gasteiger charge is 2.78. The van der Waals surface area contributed by atoms with Crippen LogP contribution in [0.15, 0.2) is 49.6 Å². The van der Waals surface area contributed by atoms with Gasteiger partial charge in [-0.25, -0.2) is 0 Å². The number of aliphatic hydroxyl groups is 1. The van der Waals surface area contributed by atoms with Crippen LogP contribution in [0.5, 0.6) is 0 Å². The third kappa shape index (κ3) is 5.01. The van der Waals surface area contributed by atoms with Gasteiger partial charge in [0.25, 0.3) is 5.91 Å². The Bertz CT molecular complexity index is 1160. The molecular weight excluding hydrogens is 548 g/mol. The maximum Gasteiger partial charge on any atom is 0.311 e. The summed E-state index contributed by atoms with van der Waals surface area (Å²) in [7, 11) is 0. The first-order valence-electron chi connectivity index (χ1n) is 14.2. The van der Waals surface area contributed by atoms with Gasteiger partial charge in [0, 0.05) is 11.3 Å². The summed E-state index contributed by atoms with van der Waals surface area (Å²) in [5, 5.41) is 11.0. The molecule has 3 saturated heterocycles. The monoisotopic (exact) mass is 588 g/mol. The van der Waals surface area contributed by atoms with E-state index in [-0.39, 0.29) is 43.5 Å². The highest BCUT2D eigenvalue weighted by atomic mass is 35.5. The lowest BCUT2D eigenvalue weighted by Crippen LogP contribution is -2.58. The van der Waals surface area contributed by atoms with E-state index < -0.39 is 33.4 Å². The largest absolute Gasteiger partial charge is 0.465 e. The number of carbonyl (C=O) groups is 3. The number of fused-ring (bicyclic) bond motifs is 1. The number of halogens is 1. The summed E-state index contributed by atoms with van der Waals surface area (Å²) in [6, 6.07) is 5.67. The minimum atomic E-state index is -0.877. The van der Waals surface area contributed by atoms with Gasteiger partial charge in [0.05, 0.1) is 46.5 Å². The van der Waals surface area contributed by atoms with E-state index >= 15 is 0 Å². The number of anilines is 1. The molecule has 1 N–H and O–H groups in total. The van der Waals surface area contributed by atoms with E-state index in [0.717, 1.165) is 6.42 Å². The average molecular weight is 589 g/mol. The van der Waals surface area contributed by atoms with E-state index in [4.69, 9.17) is 16.3 Å². The molecule has 9 heteroatoms. The van der Waals surface area contributed by atoms with Crippen LogP contribution in [0.4, 0.5) is 5.69 Å². The van der Waals surface area contributed by atoms with Crippen LogP contribution in [0.3, 0.4) is 0 Å². The van der Waals surface area contributed by atoms with Crippen molar-refractivity contribution in [3.63, 3.8) is 0 Å². The zero-order chi connectivity index (χ0) is 29.2. The molecular formula is C31H41ClN2O5S. The molecule has 2 bridgehead atoms. The number of unbranched alkanes of at least 4 members (excludes halogenated alkanes) is 1. The zero-order valence-corrected chi connectivity index (χ0v) is 25.3. The van der Waals surface area contributed by atoms with Crippen molar-refractivity contribution in [2.75, 3.05) is 24.7 Å². The minimum Gasteiger partial charge on any atom is -0.465 e. The summed E-state index contributed by atoms with van der Waals surface area (Å²) >= 11 is 8.15. The highest BCUT2D eigenvalue weighted by Crippen LogP contribution is 2.72. The first kappa shape index (κ1) is 30.7. The molecule has 7 atom stereocenters. The third-order valence-electron chi connectivity index (χ3n) is 9.07. The second-order valence-corrected chi connectivity index (χ2v) is 13.7. The molecule has 40 heavy (non-hydrogen) atoms. The summed E-state index contributed by atoms with van der Waals surface area (Å²) in [5.41, 5.74) is 0.535. The molecule has 0 aromatic heterocycles. The Kier molecular flexibility index (Phi) is 9.42. The van der Waals surface area contributed by atoms with Gasteiger partial charge >= 0.3 is 5.97 Å². The number of carbonyl (C=O) groups excluding carboxylic acids is 3. The first-order chi connectivity index (χ1) is 19.1. The Hall–Kier alpha value is -2.29. The number of ether oxygens (including phenoxy) is 1. The number of allylic oxidation sites excluding steroid dienone is 1. The third-order valence-corrected chi connectivity index (χ3v) is 11.4. The summed E-state index contributed by atoms with van der Waals surface area (Å²) < 4.78 is 4.36. The lowest BCUT2D eigenvalue weighted by molar-refractivity contribution is -0.156. The van der Waals surface area contributed by atoms with Gasteiger partial charge in [0.15, 0.2) is 0 Å². The SMILES string of the molecule is C=CCCCOC(=O)[C@H]1[C@H]2C(=O)N([C@@H](CO)[C@@H](C)CC)C(C(=O)N(CC=C)c3ccccc3Cl)C23CC[C@]1(C)S3. The lowest BCUT2D eigenvalue weighted by Gasteiger charge is -2.41. The van der Waals surface area contributed by atoms with Gasteiger partial charge in [-0.2, -0.15) is 0 Å². The molecule has 0 aliphatic carbocycles. The van der Waals surface area contributed by atoms with Crippen LogP contribution in [-0.4, -0.2) is 69.1 Å². The molecule has 1 aromatic rings. The Morgan fingerprint density at radius 2 is 2.02 bits per heavy atom. The van der Waals surface area contributed by atoms with Crippen LogP contribution in [0.2, 0.25) is 5.02 Å². The van der Waals surface area contributed by atoms with Crippen molar-refractivity contribution in [3.8, 4) is 0 Å². The minimum absolute atomic E-state index is 0.0604. The number of hydrogen-bond acceptors (Lipinski definition) is 6. The van der Waals surface area contributed by atoms with Gasteiger partial charge < -0.3 is 19.6 Å². The Balaban J connectivity index is 1.81. The Morgan fingerprint density at radius 1 is 1.30 bits per heavy atom. The fourth-order valence-corrected chi connectivity index (χ4v) is 9.48. The Morgan fingerprint density at radius 3 is 2.65 bits per heavy atom. The van der Waals surface area contributed by atoms with Crippen molar-refractivity contribution in [2.45, 2.75) is 74.5 Å². The van der Waals surface area contributed by atoms with Crippen molar-refractivity contribution in [1.82, 2.24) is 4.90 Å². The lowest BCUT2D eigenvalue weighted by atomic mass is 9.66. The quantitative estimate of drug-likeness (QED) is 0.192. The van der Waals surface area contributed by atoms with Gasteiger partial charge in [-0.1, -0.05) is 56.2 Å². The maximum absolute atomic E-state index is 14.7. The number of thioether (sulfide) groups is 1. The molecule has 0 radical (unpaired) electrons. The highest BCUT2D eigenvalue weighted by molar-refractivity contribution is 8.02. The molecule has 2 amide bonds. The summed E-state index contributed by atoms with van der Waals surface area (Å²) in [6.45, 7) is 13.8. The van der Waals surface area contributed by atoms with Crippen LogP contribution in [0, 0.1) is 17.8 Å². The number of nitrogens with zero attached hydrogens (tertiary/aromatic N) is 2. The molecule has 3 heterocycles. The fourth-order valence-electron chi connectivity index (χ4n) is 6.92. The number of likely N-dealkylation sites (tertiary alicyclic amines) is 1. The van der Waals surface area contributed by atoms with Gasteiger partial charge in [-0.15, -0.1) is 24.9 Å². The standard InChI is InChI=1S/C31H41ClN2O5S/c1-6-9-12-18-39-29(38)25-24-27(36)34(23(19-35)20(4)8-3)26(31(24)16-15-30(25,5)40-31)28(37)33(17-7-2)22-14-11-10-13-21(22)32/h6-7,10-11,13-14,20,23-26,35H,1-2,8-9,12,15-19H2,3-5H3/t20-,23-,24-,25+,26?,30-,31?/m0/s1. The van der Waals surface area contributed by atoms with Crippen LogP contribution in [0.1, 0.15) is 52.9 Å². The van der Waals surface area contributed by atoms with Crippen LogP contribution in [-0.2, 0) is 19.1 Å². The van der Waals surface area contributed by atoms with Gasteiger partial charge in [-0.05, 0) is 50.7 Å². The van der Waals surface area contributed by atoms with Crippen LogP contribution in [0.25, 0.3) is 0 Å². The van der Waals surface area contributed by atoms with E-state index in [1.165, 1.54) is 0 Å². The normalized spacial score (nSPS) is 30.1. The molecule has 3 aliphatic heterocycles. The van der Waals surface area contributed by atoms with E-state index in [1.807, 2.05) is 26.8 Å². The zero-order valence-electron chi connectivity index (χ0n) is 23.7. The fraction of sp³-hybridized carbons (Fsp3) is 0.581. The molecule has 3 fully saturated rings. The van der Waals surface area contributed by atoms with Gasteiger partial charge in [0.2, 0.25) is 5.91 Å². The number of esters is 1.